The van der Waals surface area contributed by atoms with Gasteiger partial charge in [0.25, 0.3) is 0 Å². The van der Waals surface area contributed by atoms with E-state index < -0.39 is 0 Å². The Morgan fingerprint density at radius 2 is 1.89 bits per heavy atom. The summed E-state index contributed by atoms with van der Waals surface area (Å²) in [7, 11) is 0. The minimum absolute atomic E-state index is 0.145. The zero-order valence-corrected chi connectivity index (χ0v) is 32.8. The Bertz CT molecular complexity index is 1980. The quantitative estimate of drug-likeness (QED) is 0.0640. The molecule has 0 spiro atoms. The Hall–Kier alpha value is -3.96. The van der Waals surface area contributed by atoms with Crippen molar-refractivity contribution in [2.45, 2.75) is 44.3 Å². The molecule has 7 rings (SSSR count). The lowest BCUT2D eigenvalue weighted by molar-refractivity contribution is -0.128. The minimum atomic E-state index is -0.259. The molecule has 4 heterocycles. The van der Waals surface area contributed by atoms with Crippen LogP contribution in [0.1, 0.15) is 29.7 Å². The standard InChI is InChI=1S/C41H45ClIN7O3/c1-3-38(51)50-20-19-49(26-33(50)25-44-2)40-34-15-18-48(37-14-6-10-30-9-5-13-35(42)39(30)37)27-36(34)45-41(46-40)53-28-32-12-7-17-47(32)21-23-52-22-16-29-8-4-11-31(43)24-29/h3-6,8-11,13-14,24,32-33H,1,7,12,15-23,25-28H2/t32-,33-/m0/s1. The number of halogens is 2. The monoisotopic (exact) mass is 845 g/mol. The predicted molar refractivity (Wildman–Crippen MR) is 219 cm³/mol. The first-order valence-electron chi connectivity index (χ1n) is 18.4. The van der Waals surface area contributed by atoms with E-state index in [2.05, 4.69) is 97.2 Å². The Balaban J connectivity index is 1.08. The molecule has 276 valence electrons. The zero-order chi connectivity index (χ0) is 36.7. The molecule has 12 heteroatoms. The lowest BCUT2D eigenvalue weighted by Gasteiger charge is -2.41. The van der Waals surface area contributed by atoms with E-state index >= 15 is 0 Å². The van der Waals surface area contributed by atoms with Gasteiger partial charge in [-0.3, -0.25) is 9.69 Å². The molecule has 0 aliphatic carbocycles. The predicted octanol–water partition coefficient (Wildman–Crippen LogP) is 6.68. The number of anilines is 2. The number of ether oxygens (including phenoxy) is 2. The molecule has 3 aliphatic heterocycles. The normalized spacial score (nSPS) is 18.9. The van der Waals surface area contributed by atoms with Gasteiger partial charge in [-0.15, -0.1) is 0 Å². The first-order valence-corrected chi connectivity index (χ1v) is 19.9. The third-order valence-corrected chi connectivity index (χ3v) is 11.6. The molecule has 10 nitrogen and oxygen atoms in total. The number of amides is 1. The second-order valence-corrected chi connectivity index (χ2v) is 15.5. The van der Waals surface area contributed by atoms with Gasteiger partial charge in [-0.25, -0.2) is 6.57 Å². The Labute approximate surface area is 330 Å². The lowest BCUT2D eigenvalue weighted by atomic mass is 10.0. The van der Waals surface area contributed by atoms with E-state index in [9.17, 15) is 4.79 Å². The molecular formula is C41H45ClIN7O3. The largest absolute Gasteiger partial charge is 0.462 e. The highest BCUT2D eigenvalue weighted by Gasteiger charge is 2.35. The number of carbonyl (C=O) groups excluding carboxylic acids is 1. The van der Waals surface area contributed by atoms with Gasteiger partial charge in [0.1, 0.15) is 18.5 Å². The van der Waals surface area contributed by atoms with Gasteiger partial charge in [-0.05, 0) is 96.1 Å². The van der Waals surface area contributed by atoms with E-state index in [1.165, 1.54) is 15.2 Å². The van der Waals surface area contributed by atoms with E-state index in [0.29, 0.717) is 52.0 Å². The fraction of sp³-hybridized carbons (Fsp3) is 0.415. The Kier molecular flexibility index (Phi) is 12.3. The number of aromatic nitrogens is 2. The van der Waals surface area contributed by atoms with Crippen LogP contribution in [0.4, 0.5) is 11.5 Å². The molecule has 2 fully saturated rings. The van der Waals surface area contributed by atoms with Crippen LogP contribution in [0.3, 0.4) is 0 Å². The van der Waals surface area contributed by atoms with E-state index in [4.69, 9.17) is 37.6 Å². The molecular weight excluding hydrogens is 801 g/mol. The number of likely N-dealkylation sites (tertiary alicyclic amines) is 1. The maximum atomic E-state index is 12.7. The highest BCUT2D eigenvalue weighted by Crippen LogP contribution is 2.37. The Morgan fingerprint density at radius 3 is 2.72 bits per heavy atom. The van der Waals surface area contributed by atoms with Crippen LogP contribution in [0, 0.1) is 10.1 Å². The molecule has 2 atom stereocenters. The van der Waals surface area contributed by atoms with Crippen LogP contribution in [0.2, 0.25) is 5.02 Å². The van der Waals surface area contributed by atoms with Crippen LogP contribution in [-0.4, -0.2) is 103 Å². The molecule has 1 amide bonds. The number of rotatable bonds is 13. The number of nitrogens with zero attached hydrogens (tertiary/aromatic N) is 7. The van der Waals surface area contributed by atoms with Gasteiger partial charge in [0, 0.05) is 59.0 Å². The van der Waals surface area contributed by atoms with Crippen molar-refractivity contribution in [3.8, 4) is 6.01 Å². The summed E-state index contributed by atoms with van der Waals surface area (Å²) in [6.45, 7) is 18.2. The molecule has 2 saturated heterocycles. The van der Waals surface area contributed by atoms with Crippen molar-refractivity contribution >= 4 is 62.4 Å². The SMILES string of the molecule is [C-]#[N+]C[C@H]1CN(c2nc(OC[C@@H]3CCCN3CCOCCc3cccc(I)c3)nc3c2CCN(c2cccc4cccc(Cl)c24)C3)CCN1C(=O)C=C. The molecule has 3 aliphatic rings. The number of benzene rings is 3. The molecule has 4 aromatic rings. The first-order chi connectivity index (χ1) is 25.9. The van der Waals surface area contributed by atoms with Crippen molar-refractivity contribution in [1.29, 1.82) is 0 Å². The topological polar surface area (TPSA) is 78.6 Å². The van der Waals surface area contributed by atoms with Gasteiger partial charge in [0.15, 0.2) is 0 Å². The van der Waals surface area contributed by atoms with Crippen LogP contribution >= 0.6 is 34.2 Å². The zero-order valence-electron chi connectivity index (χ0n) is 29.9. The third kappa shape index (κ3) is 8.72. The first kappa shape index (κ1) is 37.4. The fourth-order valence-electron chi connectivity index (χ4n) is 7.89. The molecule has 0 unspecified atom stereocenters. The average molecular weight is 846 g/mol. The van der Waals surface area contributed by atoms with Crippen molar-refractivity contribution in [2.75, 3.05) is 75.4 Å². The summed E-state index contributed by atoms with van der Waals surface area (Å²) in [6.07, 6.45) is 5.15. The second kappa shape index (κ2) is 17.5. The summed E-state index contributed by atoms with van der Waals surface area (Å²) >= 11 is 9.11. The van der Waals surface area contributed by atoms with Crippen molar-refractivity contribution in [3.05, 3.63) is 110 Å². The van der Waals surface area contributed by atoms with E-state index in [-0.39, 0.29) is 24.5 Å². The van der Waals surface area contributed by atoms with Gasteiger partial charge in [0.2, 0.25) is 12.5 Å². The van der Waals surface area contributed by atoms with E-state index in [1.54, 1.807) is 4.90 Å². The fourth-order valence-corrected chi connectivity index (χ4v) is 8.78. The maximum absolute atomic E-state index is 12.7. The maximum Gasteiger partial charge on any atom is 0.318 e. The third-order valence-electron chi connectivity index (χ3n) is 10.6. The van der Waals surface area contributed by atoms with Crippen molar-refractivity contribution in [1.82, 2.24) is 19.8 Å². The van der Waals surface area contributed by atoms with E-state index in [1.807, 2.05) is 12.1 Å². The number of hydrogen-bond acceptors (Lipinski definition) is 8. The number of hydrogen-bond donors (Lipinski definition) is 0. The van der Waals surface area contributed by atoms with Crippen LogP contribution in [0.5, 0.6) is 6.01 Å². The molecule has 0 radical (unpaired) electrons. The summed E-state index contributed by atoms with van der Waals surface area (Å²) < 4.78 is 13.8. The Morgan fingerprint density at radius 1 is 1.04 bits per heavy atom. The number of fused-ring (bicyclic) bond motifs is 2. The summed E-state index contributed by atoms with van der Waals surface area (Å²) in [5, 5.41) is 2.87. The smallest absolute Gasteiger partial charge is 0.318 e. The summed E-state index contributed by atoms with van der Waals surface area (Å²) in [5.41, 5.74) is 4.40. The summed E-state index contributed by atoms with van der Waals surface area (Å²) in [5.74, 6) is 0.694. The summed E-state index contributed by atoms with van der Waals surface area (Å²) in [4.78, 5) is 35.3. The number of piperazine rings is 1. The lowest BCUT2D eigenvalue weighted by Crippen LogP contribution is -2.56. The number of carbonyl (C=O) groups is 1. The molecule has 0 N–H and O–H groups in total. The second-order valence-electron chi connectivity index (χ2n) is 13.9. The van der Waals surface area contributed by atoms with Gasteiger partial charge in [-0.2, -0.15) is 9.97 Å². The van der Waals surface area contributed by atoms with Gasteiger partial charge < -0.3 is 29.0 Å². The van der Waals surface area contributed by atoms with Crippen LogP contribution < -0.4 is 14.5 Å². The van der Waals surface area contributed by atoms with Gasteiger partial charge in [0.05, 0.1) is 30.5 Å². The highest BCUT2D eigenvalue weighted by atomic mass is 127. The van der Waals surface area contributed by atoms with Crippen LogP contribution in [-0.2, 0) is 28.9 Å². The minimum Gasteiger partial charge on any atom is -0.462 e. The van der Waals surface area contributed by atoms with Crippen molar-refractivity contribution in [2.24, 2.45) is 0 Å². The molecule has 1 aromatic heterocycles. The van der Waals surface area contributed by atoms with Crippen molar-refractivity contribution in [3.63, 3.8) is 0 Å². The van der Waals surface area contributed by atoms with Crippen molar-refractivity contribution < 1.29 is 14.3 Å². The molecule has 53 heavy (non-hydrogen) atoms. The molecule has 0 bridgehead atoms. The van der Waals surface area contributed by atoms with Crippen LogP contribution in [0.25, 0.3) is 15.6 Å². The van der Waals surface area contributed by atoms with Crippen LogP contribution in [0.15, 0.2) is 73.3 Å². The highest BCUT2D eigenvalue weighted by molar-refractivity contribution is 14.1. The molecule has 0 saturated carbocycles. The van der Waals surface area contributed by atoms with Gasteiger partial charge in [-0.1, -0.05) is 54.6 Å². The van der Waals surface area contributed by atoms with Gasteiger partial charge >= 0.3 is 6.01 Å². The van der Waals surface area contributed by atoms with E-state index in [0.717, 1.165) is 83.9 Å². The molecule has 3 aromatic carbocycles. The summed E-state index contributed by atoms with van der Waals surface area (Å²) in [6, 6.07) is 21.2. The average Bonchev–Trinajstić information content (AvgIpc) is 3.63.